The third-order valence-corrected chi connectivity index (χ3v) is 6.71. The fourth-order valence-corrected chi connectivity index (χ4v) is 4.21. The van der Waals surface area contributed by atoms with E-state index >= 15 is 0 Å². The molecule has 0 N–H and O–H groups in total. The average Bonchev–Trinajstić information content (AvgIpc) is 2.74. The number of nitro groups is 1. The van der Waals surface area contributed by atoms with Crippen LogP contribution in [0.1, 0.15) is 29.6 Å². The number of piperidine rings is 1. The molecule has 1 fully saturated rings. The number of carbonyl (C=O) groups excluding carboxylic acids is 1. The number of anilines is 1. The lowest BCUT2D eigenvalue weighted by molar-refractivity contribution is -0.384. The Hall–Kier alpha value is -2.98. The molecule has 2 aromatic carbocycles. The Kier molecular flexibility index (Phi) is 6.37. The standard InChI is InChI=1S/C20H23N3O6S/c1-21(2)30(27,28)17-9-10-19(22-11-4-3-5-12-22)18(14-17)20(24)29-16-8-6-7-15(13-16)23(25)26/h6-10,13-14H,3-5,11-12H2,1-2H3. The number of sulfonamides is 1. The molecule has 1 aliphatic rings. The molecule has 0 radical (unpaired) electrons. The Labute approximate surface area is 175 Å². The predicted molar refractivity (Wildman–Crippen MR) is 111 cm³/mol. The van der Waals surface area contributed by atoms with Gasteiger partial charge in [-0.3, -0.25) is 10.1 Å². The summed E-state index contributed by atoms with van der Waals surface area (Å²) in [4.78, 5) is 25.4. The van der Waals surface area contributed by atoms with Crippen molar-refractivity contribution in [1.82, 2.24) is 4.31 Å². The van der Waals surface area contributed by atoms with Crippen LogP contribution in [0.3, 0.4) is 0 Å². The van der Waals surface area contributed by atoms with Crippen LogP contribution < -0.4 is 9.64 Å². The molecule has 1 saturated heterocycles. The summed E-state index contributed by atoms with van der Waals surface area (Å²) in [7, 11) is -0.930. The molecule has 0 bridgehead atoms. The van der Waals surface area contributed by atoms with E-state index in [1.807, 2.05) is 4.90 Å². The van der Waals surface area contributed by atoms with E-state index < -0.39 is 20.9 Å². The van der Waals surface area contributed by atoms with Crippen molar-refractivity contribution >= 4 is 27.4 Å². The Balaban J connectivity index is 2.01. The van der Waals surface area contributed by atoms with E-state index in [1.54, 1.807) is 6.07 Å². The van der Waals surface area contributed by atoms with Gasteiger partial charge in [-0.15, -0.1) is 0 Å². The zero-order valence-corrected chi connectivity index (χ0v) is 17.6. The second-order valence-electron chi connectivity index (χ2n) is 7.16. The monoisotopic (exact) mass is 433 g/mol. The number of nitro benzene ring substituents is 1. The first-order valence-corrected chi connectivity index (χ1v) is 10.9. The maximum atomic E-state index is 13.0. The minimum atomic E-state index is -3.75. The zero-order chi connectivity index (χ0) is 21.9. The van der Waals surface area contributed by atoms with Crippen LogP contribution in [0.5, 0.6) is 5.75 Å². The van der Waals surface area contributed by atoms with Crippen LogP contribution >= 0.6 is 0 Å². The number of benzene rings is 2. The highest BCUT2D eigenvalue weighted by Gasteiger charge is 2.25. The molecule has 0 aliphatic carbocycles. The van der Waals surface area contributed by atoms with Crippen molar-refractivity contribution in [2.24, 2.45) is 0 Å². The summed E-state index contributed by atoms with van der Waals surface area (Å²) < 4.78 is 31.6. The van der Waals surface area contributed by atoms with Crippen molar-refractivity contribution in [2.45, 2.75) is 24.2 Å². The molecule has 1 heterocycles. The summed E-state index contributed by atoms with van der Waals surface area (Å²) in [5.74, 6) is -0.758. The largest absolute Gasteiger partial charge is 0.423 e. The number of non-ortho nitro benzene ring substituents is 1. The van der Waals surface area contributed by atoms with Gasteiger partial charge < -0.3 is 9.64 Å². The highest BCUT2D eigenvalue weighted by Crippen LogP contribution is 2.29. The predicted octanol–water partition coefficient (Wildman–Crippen LogP) is 3.05. The Morgan fingerprint density at radius 3 is 2.43 bits per heavy atom. The highest BCUT2D eigenvalue weighted by atomic mass is 32.2. The van der Waals surface area contributed by atoms with Gasteiger partial charge in [-0.2, -0.15) is 0 Å². The number of rotatable bonds is 6. The molecule has 3 rings (SSSR count). The molecule has 0 aromatic heterocycles. The molecule has 30 heavy (non-hydrogen) atoms. The Morgan fingerprint density at radius 1 is 1.10 bits per heavy atom. The van der Waals surface area contributed by atoms with E-state index in [2.05, 4.69) is 0 Å². The number of carbonyl (C=O) groups is 1. The highest BCUT2D eigenvalue weighted by molar-refractivity contribution is 7.89. The molecule has 2 aromatic rings. The van der Waals surface area contributed by atoms with E-state index in [0.29, 0.717) is 5.69 Å². The summed E-state index contributed by atoms with van der Waals surface area (Å²) in [5.41, 5.74) is 0.481. The van der Waals surface area contributed by atoms with Gasteiger partial charge in [0.1, 0.15) is 5.75 Å². The molecule has 160 valence electrons. The van der Waals surface area contributed by atoms with E-state index in [9.17, 15) is 23.3 Å². The number of esters is 1. The molecule has 10 heteroatoms. The second-order valence-corrected chi connectivity index (χ2v) is 9.31. The van der Waals surface area contributed by atoms with Crippen LogP contribution in [0.2, 0.25) is 0 Å². The smallest absolute Gasteiger partial charge is 0.345 e. The van der Waals surface area contributed by atoms with Crippen molar-refractivity contribution in [3.63, 3.8) is 0 Å². The molecule has 0 unspecified atom stereocenters. The van der Waals surface area contributed by atoms with Crippen molar-refractivity contribution in [3.8, 4) is 5.75 Å². The topological polar surface area (TPSA) is 110 Å². The van der Waals surface area contributed by atoms with Crippen molar-refractivity contribution in [1.29, 1.82) is 0 Å². The number of hydrogen-bond acceptors (Lipinski definition) is 7. The fraction of sp³-hybridized carbons (Fsp3) is 0.350. The lowest BCUT2D eigenvalue weighted by Gasteiger charge is -2.30. The van der Waals surface area contributed by atoms with Crippen molar-refractivity contribution in [2.75, 3.05) is 32.1 Å². The normalized spacial score (nSPS) is 14.6. The lowest BCUT2D eigenvalue weighted by atomic mass is 10.1. The summed E-state index contributed by atoms with van der Waals surface area (Å²) in [6.45, 7) is 1.49. The van der Waals surface area contributed by atoms with Crippen molar-refractivity contribution in [3.05, 3.63) is 58.1 Å². The average molecular weight is 433 g/mol. The van der Waals surface area contributed by atoms with Crippen molar-refractivity contribution < 1.29 is 22.9 Å². The van der Waals surface area contributed by atoms with Crippen LogP contribution in [0, 0.1) is 10.1 Å². The van der Waals surface area contributed by atoms with Gasteiger partial charge in [0.25, 0.3) is 5.69 Å². The van der Waals surface area contributed by atoms with Crippen LogP contribution in [0.15, 0.2) is 47.4 Å². The maximum absolute atomic E-state index is 13.0. The minimum absolute atomic E-state index is 0.0136. The first kappa shape index (κ1) is 21.7. The first-order valence-electron chi connectivity index (χ1n) is 9.48. The van der Waals surface area contributed by atoms with Crippen LogP contribution in [-0.4, -0.2) is 50.8 Å². The van der Waals surface area contributed by atoms with Gasteiger partial charge >= 0.3 is 5.97 Å². The number of ether oxygens (including phenoxy) is 1. The van der Waals surface area contributed by atoms with E-state index in [0.717, 1.165) is 42.7 Å². The van der Waals surface area contributed by atoms with Gasteiger partial charge in [0.05, 0.1) is 27.1 Å². The Bertz CT molecular complexity index is 1060. The lowest BCUT2D eigenvalue weighted by Crippen LogP contribution is -2.31. The molecule has 0 saturated carbocycles. The quantitative estimate of drug-likeness (QED) is 0.298. The molecule has 0 amide bonds. The molecule has 9 nitrogen and oxygen atoms in total. The number of hydrogen-bond donors (Lipinski definition) is 0. The van der Waals surface area contributed by atoms with Gasteiger partial charge in [0.15, 0.2) is 0 Å². The van der Waals surface area contributed by atoms with Gasteiger partial charge in [0.2, 0.25) is 10.0 Å². The fourth-order valence-electron chi connectivity index (χ4n) is 3.28. The Morgan fingerprint density at radius 2 is 1.80 bits per heavy atom. The number of nitrogens with zero attached hydrogens (tertiary/aromatic N) is 3. The zero-order valence-electron chi connectivity index (χ0n) is 16.8. The third kappa shape index (κ3) is 4.60. The molecule has 1 aliphatic heterocycles. The van der Waals surface area contributed by atoms with E-state index in [1.165, 1.54) is 44.4 Å². The molecular formula is C20H23N3O6S. The van der Waals surface area contributed by atoms with E-state index in [4.69, 9.17) is 4.74 Å². The molecular weight excluding hydrogens is 410 g/mol. The van der Waals surface area contributed by atoms with Gasteiger partial charge in [0, 0.05) is 33.3 Å². The first-order chi connectivity index (χ1) is 14.2. The van der Waals surface area contributed by atoms with Crippen LogP contribution in [0.25, 0.3) is 0 Å². The van der Waals surface area contributed by atoms with E-state index in [-0.39, 0.29) is 21.9 Å². The maximum Gasteiger partial charge on any atom is 0.345 e. The summed E-state index contributed by atoms with van der Waals surface area (Å²) in [6.07, 6.45) is 3.03. The van der Waals surface area contributed by atoms with Crippen LogP contribution in [0.4, 0.5) is 11.4 Å². The SMILES string of the molecule is CN(C)S(=O)(=O)c1ccc(N2CCCCC2)c(C(=O)Oc2cccc([N+](=O)[O-])c2)c1. The summed E-state index contributed by atoms with van der Waals surface area (Å²) >= 11 is 0. The second kappa shape index (κ2) is 8.80. The van der Waals surface area contributed by atoms with Gasteiger partial charge in [-0.25, -0.2) is 17.5 Å². The molecule has 0 spiro atoms. The van der Waals surface area contributed by atoms with Crippen LogP contribution in [-0.2, 0) is 10.0 Å². The van der Waals surface area contributed by atoms with Gasteiger partial charge in [-0.1, -0.05) is 6.07 Å². The summed E-state index contributed by atoms with van der Waals surface area (Å²) in [5, 5.41) is 11.0. The third-order valence-electron chi connectivity index (χ3n) is 4.90. The minimum Gasteiger partial charge on any atom is -0.423 e. The van der Waals surface area contributed by atoms with Gasteiger partial charge in [-0.05, 0) is 43.5 Å². The summed E-state index contributed by atoms with van der Waals surface area (Å²) in [6, 6.07) is 9.69. The molecule has 0 atom stereocenters.